The van der Waals surface area contributed by atoms with Crippen molar-refractivity contribution in [3.8, 4) is 0 Å². The summed E-state index contributed by atoms with van der Waals surface area (Å²) in [6.45, 7) is 7.77. The molecule has 0 aliphatic carbocycles. The summed E-state index contributed by atoms with van der Waals surface area (Å²) < 4.78 is 0.966. The maximum absolute atomic E-state index is 12.6. The van der Waals surface area contributed by atoms with Gasteiger partial charge in [0.15, 0.2) is 0 Å². The molecular weight excluding hydrogens is 270 g/mol. The van der Waals surface area contributed by atoms with Crippen molar-refractivity contribution in [2.24, 2.45) is 5.92 Å². The molecule has 1 amide bonds. The molecule has 0 aromatic carbocycles. The van der Waals surface area contributed by atoms with Gasteiger partial charge in [0, 0.05) is 19.3 Å². The Morgan fingerprint density at radius 1 is 1.50 bits per heavy atom. The number of hydrogen-bond donors (Lipinski definition) is 1. The summed E-state index contributed by atoms with van der Waals surface area (Å²) in [7, 11) is 0. The van der Waals surface area contributed by atoms with Gasteiger partial charge in [-0.05, 0) is 25.0 Å². The number of carbonyl (C=O) groups is 1. The molecule has 4 nitrogen and oxygen atoms in total. The van der Waals surface area contributed by atoms with Crippen molar-refractivity contribution >= 4 is 33.1 Å². The standard InChI is InChI=1S/C15H21N3OS/c1-4-10(3)9-18(5-2)15(19)14-12(16)13-11(20-14)7-6-8-17-13/h6-8,10H,4-5,9,16H2,1-3H3. The Balaban J connectivity index is 2.32. The third kappa shape index (κ3) is 2.77. The van der Waals surface area contributed by atoms with Crippen molar-refractivity contribution in [1.82, 2.24) is 9.88 Å². The van der Waals surface area contributed by atoms with E-state index in [1.165, 1.54) is 11.3 Å². The fourth-order valence-corrected chi connectivity index (χ4v) is 3.16. The van der Waals surface area contributed by atoms with E-state index in [0.29, 0.717) is 23.0 Å². The lowest BCUT2D eigenvalue weighted by Crippen LogP contribution is -2.34. The number of hydrogen-bond acceptors (Lipinski definition) is 4. The lowest BCUT2D eigenvalue weighted by molar-refractivity contribution is 0.0746. The Hall–Kier alpha value is -1.62. The molecule has 0 fully saturated rings. The first-order chi connectivity index (χ1) is 9.58. The average molecular weight is 291 g/mol. The molecule has 2 aromatic heterocycles. The molecule has 108 valence electrons. The smallest absolute Gasteiger partial charge is 0.266 e. The fraction of sp³-hybridized carbons (Fsp3) is 0.467. The number of pyridine rings is 1. The second kappa shape index (κ2) is 6.22. The van der Waals surface area contributed by atoms with Gasteiger partial charge < -0.3 is 10.6 Å². The van der Waals surface area contributed by atoms with E-state index in [4.69, 9.17) is 5.73 Å². The van der Waals surface area contributed by atoms with Crippen LogP contribution in [0.4, 0.5) is 5.69 Å². The number of carbonyl (C=O) groups excluding carboxylic acids is 1. The molecular formula is C15H21N3OS. The van der Waals surface area contributed by atoms with E-state index in [9.17, 15) is 4.79 Å². The zero-order valence-corrected chi connectivity index (χ0v) is 13.0. The third-order valence-electron chi connectivity index (χ3n) is 3.57. The summed E-state index contributed by atoms with van der Waals surface area (Å²) in [5, 5.41) is 0. The monoisotopic (exact) mass is 291 g/mol. The van der Waals surface area contributed by atoms with Crippen LogP contribution in [0.3, 0.4) is 0 Å². The molecule has 20 heavy (non-hydrogen) atoms. The lowest BCUT2D eigenvalue weighted by atomic mass is 10.1. The van der Waals surface area contributed by atoms with Crippen LogP contribution < -0.4 is 5.73 Å². The Morgan fingerprint density at radius 3 is 2.85 bits per heavy atom. The largest absolute Gasteiger partial charge is 0.396 e. The average Bonchev–Trinajstić information content (AvgIpc) is 2.81. The van der Waals surface area contributed by atoms with Crippen LogP contribution in [0.5, 0.6) is 0 Å². The molecule has 2 heterocycles. The van der Waals surface area contributed by atoms with Gasteiger partial charge in [0.2, 0.25) is 0 Å². The number of nitrogens with zero attached hydrogens (tertiary/aromatic N) is 2. The highest BCUT2D eigenvalue weighted by atomic mass is 32.1. The Morgan fingerprint density at radius 2 is 2.25 bits per heavy atom. The number of amides is 1. The van der Waals surface area contributed by atoms with E-state index in [0.717, 1.165) is 23.2 Å². The molecule has 1 atom stereocenters. The molecule has 0 bridgehead atoms. The highest BCUT2D eigenvalue weighted by Gasteiger charge is 2.22. The zero-order chi connectivity index (χ0) is 14.7. The second-order valence-electron chi connectivity index (χ2n) is 5.05. The second-order valence-corrected chi connectivity index (χ2v) is 6.10. The van der Waals surface area contributed by atoms with E-state index in [-0.39, 0.29) is 5.91 Å². The van der Waals surface area contributed by atoms with Gasteiger partial charge in [-0.25, -0.2) is 0 Å². The van der Waals surface area contributed by atoms with Crippen LogP contribution in [0, 0.1) is 5.92 Å². The van der Waals surface area contributed by atoms with Gasteiger partial charge in [0.1, 0.15) is 10.4 Å². The van der Waals surface area contributed by atoms with Crippen LogP contribution >= 0.6 is 11.3 Å². The molecule has 2 rings (SSSR count). The maximum Gasteiger partial charge on any atom is 0.266 e. The van der Waals surface area contributed by atoms with E-state index >= 15 is 0 Å². The number of fused-ring (bicyclic) bond motifs is 1. The minimum absolute atomic E-state index is 0.0216. The van der Waals surface area contributed by atoms with E-state index < -0.39 is 0 Å². The van der Waals surface area contributed by atoms with E-state index in [2.05, 4.69) is 18.8 Å². The van der Waals surface area contributed by atoms with E-state index in [1.54, 1.807) is 6.20 Å². The maximum atomic E-state index is 12.6. The van der Waals surface area contributed by atoms with Crippen LogP contribution in [-0.2, 0) is 0 Å². The summed E-state index contributed by atoms with van der Waals surface area (Å²) in [5.74, 6) is 0.515. The van der Waals surface area contributed by atoms with Crippen molar-refractivity contribution < 1.29 is 4.79 Å². The number of thiophene rings is 1. The third-order valence-corrected chi connectivity index (χ3v) is 4.72. The highest BCUT2D eigenvalue weighted by Crippen LogP contribution is 2.32. The SMILES string of the molecule is CCC(C)CN(CC)C(=O)c1sc2cccnc2c1N. The summed E-state index contributed by atoms with van der Waals surface area (Å²) >= 11 is 1.43. The van der Waals surface area contributed by atoms with Crippen LogP contribution in [0.1, 0.15) is 36.9 Å². The van der Waals surface area contributed by atoms with Crippen LogP contribution in [0.2, 0.25) is 0 Å². The first kappa shape index (κ1) is 14.8. The molecule has 2 aromatic rings. The van der Waals surface area contributed by atoms with Crippen LogP contribution in [0.25, 0.3) is 10.2 Å². The molecule has 0 saturated heterocycles. The molecule has 0 aliphatic heterocycles. The Bertz CT molecular complexity index is 608. The molecule has 2 N–H and O–H groups in total. The van der Waals surface area contributed by atoms with Gasteiger partial charge >= 0.3 is 0 Å². The minimum atomic E-state index is 0.0216. The number of nitrogen functional groups attached to an aromatic ring is 1. The van der Waals surface area contributed by atoms with Crippen molar-refractivity contribution in [3.63, 3.8) is 0 Å². The van der Waals surface area contributed by atoms with Gasteiger partial charge in [0.05, 0.1) is 10.4 Å². The van der Waals surface area contributed by atoms with Gasteiger partial charge in [-0.3, -0.25) is 9.78 Å². The number of aromatic nitrogens is 1. The van der Waals surface area contributed by atoms with Crippen molar-refractivity contribution in [2.75, 3.05) is 18.8 Å². The fourth-order valence-electron chi connectivity index (χ4n) is 2.11. The quantitative estimate of drug-likeness (QED) is 0.918. The summed E-state index contributed by atoms with van der Waals surface area (Å²) in [5.41, 5.74) is 7.34. The minimum Gasteiger partial charge on any atom is -0.396 e. The Labute approximate surface area is 123 Å². The predicted octanol–water partition coefficient (Wildman–Crippen LogP) is 3.39. The van der Waals surface area contributed by atoms with Crippen molar-refractivity contribution in [3.05, 3.63) is 23.2 Å². The molecule has 0 spiro atoms. The number of rotatable bonds is 5. The van der Waals surface area contributed by atoms with Crippen LogP contribution in [0.15, 0.2) is 18.3 Å². The highest BCUT2D eigenvalue weighted by molar-refractivity contribution is 7.21. The number of nitrogens with two attached hydrogens (primary N) is 1. The van der Waals surface area contributed by atoms with Crippen molar-refractivity contribution in [1.29, 1.82) is 0 Å². The van der Waals surface area contributed by atoms with Gasteiger partial charge in [0.25, 0.3) is 5.91 Å². The molecule has 0 radical (unpaired) electrons. The first-order valence-electron chi connectivity index (χ1n) is 7.00. The predicted molar refractivity (Wildman–Crippen MR) is 85.1 cm³/mol. The van der Waals surface area contributed by atoms with Gasteiger partial charge in [-0.1, -0.05) is 20.3 Å². The normalized spacial score (nSPS) is 12.6. The van der Waals surface area contributed by atoms with Gasteiger partial charge in [-0.15, -0.1) is 11.3 Å². The molecule has 1 unspecified atom stereocenters. The molecule has 0 saturated carbocycles. The van der Waals surface area contributed by atoms with Crippen molar-refractivity contribution in [2.45, 2.75) is 27.2 Å². The van der Waals surface area contributed by atoms with E-state index in [1.807, 2.05) is 24.0 Å². The number of anilines is 1. The molecule has 0 aliphatic rings. The molecule has 5 heteroatoms. The van der Waals surface area contributed by atoms with Gasteiger partial charge in [-0.2, -0.15) is 0 Å². The summed E-state index contributed by atoms with van der Waals surface area (Å²) in [6, 6.07) is 3.81. The summed E-state index contributed by atoms with van der Waals surface area (Å²) in [6.07, 6.45) is 2.77. The Kier molecular flexibility index (Phi) is 4.60. The topological polar surface area (TPSA) is 59.2 Å². The zero-order valence-electron chi connectivity index (χ0n) is 12.2. The first-order valence-corrected chi connectivity index (χ1v) is 7.82. The summed E-state index contributed by atoms with van der Waals surface area (Å²) in [4.78, 5) is 19.4. The lowest BCUT2D eigenvalue weighted by Gasteiger charge is -2.23. The van der Waals surface area contributed by atoms with Crippen LogP contribution in [-0.4, -0.2) is 28.9 Å².